The summed E-state index contributed by atoms with van der Waals surface area (Å²) in [5.41, 5.74) is 4.72. The lowest BCUT2D eigenvalue weighted by Gasteiger charge is -2.43. The van der Waals surface area contributed by atoms with Crippen LogP contribution in [-0.4, -0.2) is 40.5 Å². The largest absolute Gasteiger partial charge is 0.368 e. The molecular formula is C23H25N3O2. The van der Waals surface area contributed by atoms with Crippen LogP contribution in [0.3, 0.4) is 0 Å². The Labute approximate surface area is 164 Å². The first kappa shape index (κ1) is 17.4. The molecule has 5 heteroatoms. The number of amides is 1. The normalized spacial score (nSPS) is 18.4. The Morgan fingerprint density at radius 2 is 1.93 bits per heavy atom. The van der Waals surface area contributed by atoms with E-state index in [2.05, 4.69) is 34.2 Å². The average Bonchev–Trinajstić information content (AvgIpc) is 3.14. The third kappa shape index (κ3) is 3.00. The first-order valence-electron chi connectivity index (χ1n) is 10.2. The van der Waals surface area contributed by atoms with Gasteiger partial charge in [-0.3, -0.25) is 9.78 Å². The van der Waals surface area contributed by atoms with Gasteiger partial charge in [0.25, 0.3) is 0 Å². The summed E-state index contributed by atoms with van der Waals surface area (Å²) in [5, 5.41) is 1.32. The van der Waals surface area contributed by atoms with E-state index in [1.54, 1.807) is 12.4 Å². The van der Waals surface area contributed by atoms with Crippen molar-refractivity contribution < 1.29 is 9.53 Å². The Morgan fingerprint density at radius 3 is 2.75 bits per heavy atom. The highest BCUT2D eigenvalue weighted by atomic mass is 16.5. The molecule has 0 unspecified atom stereocenters. The first-order valence-corrected chi connectivity index (χ1v) is 10.2. The summed E-state index contributed by atoms with van der Waals surface area (Å²) in [5.74, 6) is 0.236. The van der Waals surface area contributed by atoms with E-state index >= 15 is 0 Å². The fourth-order valence-corrected chi connectivity index (χ4v) is 4.74. The van der Waals surface area contributed by atoms with Crippen molar-refractivity contribution >= 4 is 16.8 Å². The van der Waals surface area contributed by atoms with Gasteiger partial charge in [-0.25, -0.2) is 0 Å². The number of rotatable bonds is 3. The standard InChI is InChI=1S/C23H25N3O2/c27-21(6-5-17-7-12-24-13-8-17)26-14-10-23(11-15-26)22-19(9-16-28-23)18-3-1-2-4-20(18)25-22/h1-4,7-8,12-13,25H,5-6,9-11,14-16H2. The Hall–Kier alpha value is -2.66. The molecule has 1 N–H and O–H groups in total. The molecule has 0 radical (unpaired) electrons. The molecule has 144 valence electrons. The summed E-state index contributed by atoms with van der Waals surface area (Å²) in [6.45, 7) is 2.26. The maximum Gasteiger partial charge on any atom is 0.222 e. The van der Waals surface area contributed by atoms with Crippen LogP contribution < -0.4 is 0 Å². The molecule has 4 heterocycles. The molecule has 1 saturated heterocycles. The minimum atomic E-state index is -0.269. The molecule has 0 saturated carbocycles. The van der Waals surface area contributed by atoms with Crippen LogP contribution in [0.4, 0.5) is 0 Å². The Morgan fingerprint density at radius 1 is 1.14 bits per heavy atom. The fourth-order valence-electron chi connectivity index (χ4n) is 4.74. The molecule has 0 atom stereocenters. The monoisotopic (exact) mass is 375 g/mol. The number of likely N-dealkylation sites (tertiary alicyclic amines) is 1. The van der Waals surface area contributed by atoms with Crippen molar-refractivity contribution in [1.29, 1.82) is 0 Å². The molecule has 1 spiro atoms. The van der Waals surface area contributed by atoms with Crippen molar-refractivity contribution in [3.05, 3.63) is 65.6 Å². The summed E-state index contributed by atoms with van der Waals surface area (Å²) in [6, 6.07) is 12.5. The zero-order valence-corrected chi connectivity index (χ0v) is 16.0. The van der Waals surface area contributed by atoms with Gasteiger partial charge >= 0.3 is 0 Å². The van der Waals surface area contributed by atoms with Crippen molar-refractivity contribution in [1.82, 2.24) is 14.9 Å². The molecule has 2 aliphatic rings. The molecule has 1 amide bonds. The summed E-state index contributed by atoms with van der Waals surface area (Å²) < 4.78 is 6.34. The van der Waals surface area contributed by atoms with Gasteiger partial charge in [-0.05, 0) is 55.0 Å². The van der Waals surface area contributed by atoms with E-state index in [4.69, 9.17) is 4.74 Å². The SMILES string of the molecule is O=C(CCc1ccncc1)N1CCC2(CC1)OCCc1c2[nH]c2ccccc12. The van der Waals surface area contributed by atoms with Gasteiger partial charge in [0.1, 0.15) is 5.60 Å². The lowest BCUT2D eigenvalue weighted by atomic mass is 9.83. The minimum Gasteiger partial charge on any atom is -0.368 e. The second-order valence-electron chi connectivity index (χ2n) is 7.85. The maximum atomic E-state index is 12.7. The Kier molecular flexibility index (Phi) is 4.40. The van der Waals surface area contributed by atoms with Gasteiger partial charge in [0, 0.05) is 42.8 Å². The van der Waals surface area contributed by atoms with Crippen LogP contribution in [0.25, 0.3) is 10.9 Å². The van der Waals surface area contributed by atoms with E-state index < -0.39 is 0 Å². The second-order valence-corrected chi connectivity index (χ2v) is 7.85. The third-order valence-electron chi connectivity index (χ3n) is 6.30. The third-order valence-corrected chi connectivity index (χ3v) is 6.30. The van der Waals surface area contributed by atoms with Crippen LogP contribution in [0.2, 0.25) is 0 Å². The van der Waals surface area contributed by atoms with Crippen LogP contribution in [-0.2, 0) is 28.0 Å². The number of aromatic nitrogens is 2. The number of piperidine rings is 1. The molecule has 3 aromatic rings. The van der Waals surface area contributed by atoms with Gasteiger partial charge in [0.2, 0.25) is 5.91 Å². The highest BCUT2D eigenvalue weighted by Crippen LogP contribution is 2.43. The van der Waals surface area contributed by atoms with E-state index in [-0.39, 0.29) is 11.5 Å². The van der Waals surface area contributed by atoms with Crippen LogP contribution in [0, 0.1) is 0 Å². The number of ether oxygens (including phenoxy) is 1. The second kappa shape index (κ2) is 7.06. The Bertz CT molecular complexity index is 988. The van der Waals surface area contributed by atoms with Gasteiger partial charge < -0.3 is 14.6 Å². The van der Waals surface area contributed by atoms with E-state index in [0.29, 0.717) is 6.42 Å². The van der Waals surface area contributed by atoms with Crippen molar-refractivity contribution in [2.24, 2.45) is 0 Å². The van der Waals surface area contributed by atoms with Crippen LogP contribution in [0.15, 0.2) is 48.8 Å². The number of para-hydroxylation sites is 1. The number of aryl methyl sites for hydroxylation is 1. The summed E-state index contributed by atoms with van der Waals surface area (Å²) in [6.07, 6.45) is 7.55. The van der Waals surface area contributed by atoms with Crippen LogP contribution in [0.1, 0.15) is 36.1 Å². The number of aromatic amines is 1. The van der Waals surface area contributed by atoms with E-state index in [1.165, 1.54) is 22.2 Å². The molecule has 2 aliphatic heterocycles. The number of nitrogens with zero attached hydrogens (tertiary/aromatic N) is 2. The smallest absolute Gasteiger partial charge is 0.222 e. The van der Waals surface area contributed by atoms with E-state index in [1.807, 2.05) is 17.0 Å². The number of hydrogen-bond donors (Lipinski definition) is 1. The van der Waals surface area contributed by atoms with Crippen molar-refractivity contribution in [2.75, 3.05) is 19.7 Å². The van der Waals surface area contributed by atoms with E-state index in [0.717, 1.165) is 50.9 Å². The minimum absolute atomic E-state index is 0.236. The number of nitrogens with one attached hydrogen (secondary N) is 1. The van der Waals surface area contributed by atoms with Crippen LogP contribution >= 0.6 is 0 Å². The Balaban J connectivity index is 1.29. The number of carbonyl (C=O) groups is 1. The summed E-state index contributed by atoms with van der Waals surface area (Å²) >= 11 is 0. The molecule has 2 aromatic heterocycles. The predicted octanol–water partition coefficient (Wildman–Crippen LogP) is 3.59. The van der Waals surface area contributed by atoms with E-state index in [9.17, 15) is 4.79 Å². The average molecular weight is 375 g/mol. The predicted molar refractivity (Wildman–Crippen MR) is 108 cm³/mol. The van der Waals surface area contributed by atoms with Gasteiger partial charge in [-0.2, -0.15) is 0 Å². The molecule has 0 aliphatic carbocycles. The first-order chi connectivity index (χ1) is 13.8. The number of H-pyrrole nitrogens is 1. The lowest BCUT2D eigenvalue weighted by molar-refractivity contribution is -0.141. The molecular weight excluding hydrogens is 350 g/mol. The fraction of sp³-hybridized carbons (Fsp3) is 0.391. The summed E-state index contributed by atoms with van der Waals surface area (Å²) in [4.78, 5) is 22.4. The molecule has 0 bridgehead atoms. The highest BCUT2D eigenvalue weighted by Gasteiger charge is 2.43. The zero-order valence-electron chi connectivity index (χ0n) is 16.0. The number of pyridine rings is 1. The van der Waals surface area contributed by atoms with Gasteiger partial charge in [-0.15, -0.1) is 0 Å². The number of benzene rings is 1. The quantitative estimate of drug-likeness (QED) is 0.761. The zero-order chi connectivity index (χ0) is 19.0. The summed E-state index contributed by atoms with van der Waals surface area (Å²) in [7, 11) is 0. The topological polar surface area (TPSA) is 58.2 Å². The van der Waals surface area contributed by atoms with Crippen molar-refractivity contribution in [3.8, 4) is 0 Å². The molecule has 1 aromatic carbocycles. The molecule has 5 nitrogen and oxygen atoms in total. The van der Waals surface area contributed by atoms with Gasteiger partial charge in [0.15, 0.2) is 0 Å². The molecule has 1 fully saturated rings. The number of fused-ring (bicyclic) bond motifs is 4. The molecule has 28 heavy (non-hydrogen) atoms. The lowest BCUT2D eigenvalue weighted by Crippen LogP contribution is -2.48. The number of carbonyl (C=O) groups excluding carboxylic acids is 1. The van der Waals surface area contributed by atoms with Crippen molar-refractivity contribution in [2.45, 2.75) is 37.7 Å². The van der Waals surface area contributed by atoms with Gasteiger partial charge in [-0.1, -0.05) is 18.2 Å². The van der Waals surface area contributed by atoms with Crippen molar-refractivity contribution in [3.63, 3.8) is 0 Å². The van der Waals surface area contributed by atoms with Crippen LogP contribution in [0.5, 0.6) is 0 Å². The highest BCUT2D eigenvalue weighted by molar-refractivity contribution is 5.85. The van der Waals surface area contributed by atoms with Gasteiger partial charge in [0.05, 0.1) is 12.3 Å². The molecule has 5 rings (SSSR count). The maximum absolute atomic E-state index is 12.7. The number of hydrogen-bond acceptors (Lipinski definition) is 3.